The smallest absolute Gasteiger partial charge is 0.308 e. The van der Waals surface area contributed by atoms with Gasteiger partial charge in [-0.1, -0.05) is 0 Å². The summed E-state index contributed by atoms with van der Waals surface area (Å²) < 4.78 is 0. The molecule has 2 heterocycles. The average Bonchev–Trinajstić information content (AvgIpc) is 2.68. The van der Waals surface area contributed by atoms with E-state index in [1.807, 2.05) is 11.0 Å². The van der Waals surface area contributed by atoms with Crippen LogP contribution in [-0.4, -0.2) is 34.4 Å². The summed E-state index contributed by atoms with van der Waals surface area (Å²) in [7, 11) is 0. The fourth-order valence-electron chi connectivity index (χ4n) is 1.63. The van der Waals surface area contributed by atoms with Crippen LogP contribution in [0.4, 0.5) is 5.82 Å². The summed E-state index contributed by atoms with van der Waals surface area (Å²) in [6.45, 7) is 1.28. The summed E-state index contributed by atoms with van der Waals surface area (Å²) in [5, 5.41) is 16.5. The molecule has 1 saturated heterocycles. The van der Waals surface area contributed by atoms with Gasteiger partial charge in [0.1, 0.15) is 0 Å². The number of anilines is 1. The van der Waals surface area contributed by atoms with Gasteiger partial charge in [0.05, 0.1) is 5.92 Å². The third kappa shape index (κ3) is 1.66. The maximum atomic E-state index is 10.7. The van der Waals surface area contributed by atoms with Gasteiger partial charge in [-0.2, -0.15) is 5.10 Å². The van der Waals surface area contributed by atoms with Crippen molar-refractivity contribution in [2.24, 2.45) is 5.92 Å². The van der Waals surface area contributed by atoms with Crippen LogP contribution >= 0.6 is 0 Å². The van der Waals surface area contributed by atoms with Crippen LogP contribution in [0.5, 0.6) is 0 Å². The molecule has 74 valence electrons. The first-order valence-corrected chi connectivity index (χ1v) is 4.53. The van der Waals surface area contributed by atoms with Gasteiger partial charge in [0.2, 0.25) is 0 Å². The Morgan fingerprint density at radius 1 is 1.64 bits per heavy atom. The topological polar surface area (TPSA) is 66.3 Å². The van der Waals surface area contributed by atoms with Gasteiger partial charge in [-0.05, 0) is 18.6 Å². The first kappa shape index (κ1) is 8.93. The van der Waals surface area contributed by atoms with Gasteiger partial charge in [-0.25, -0.2) is 0 Å². The molecule has 1 N–H and O–H groups in total. The highest BCUT2D eigenvalue weighted by molar-refractivity contribution is 5.71. The van der Waals surface area contributed by atoms with Crippen molar-refractivity contribution in [3.05, 3.63) is 18.3 Å². The second-order valence-corrected chi connectivity index (χ2v) is 3.35. The van der Waals surface area contributed by atoms with E-state index < -0.39 is 5.97 Å². The van der Waals surface area contributed by atoms with Crippen molar-refractivity contribution in [2.75, 3.05) is 18.0 Å². The van der Waals surface area contributed by atoms with Gasteiger partial charge in [-0.15, -0.1) is 5.10 Å². The molecule has 1 aliphatic heterocycles. The molecule has 0 aromatic carbocycles. The van der Waals surface area contributed by atoms with E-state index in [9.17, 15) is 4.79 Å². The van der Waals surface area contributed by atoms with E-state index in [0.717, 1.165) is 12.4 Å². The molecule has 14 heavy (non-hydrogen) atoms. The lowest BCUT2D eigenvalue weighted by Gasteiger charge is -2.15. The van der Waals surface area contributed by atoms with Crippen LogP contribution in [0, 0.1) is 5.92 Å². The number of rotatable bonds is 2. The number of aromatic nitrogens is 2. The molecular weight excluding hydrogens is 182 g/mol. The summed E-state index contributed by atoms with van der Waals surface area (Å²) >= 11 is 0. The molecule has 0 radical (unpaired) electrons. The molecule has 1 aliphatic rings. The van der Waals surface area contributed by atoms with Crippen LogP contribution in [0.15, 0.2) is 18.3 Å². The number of nitrogens with zero attached hydrogens (tertiary/aromatic N) is 3. The molecule has 0 saturated carbocycles. The van der Waals surface area contributed by atoms with Crippen molar-refractivity contribution < 1.29 is 9.90 Å². The average molecular weight is 193 g/mol. The third-order valence-electron chi connectivity index (χ3n) is 2.42. The van der Waals surface area contributed by atoms with E-state index in [2.05, 4.69) is 10.2 Å². The Balaban J connectivity index is 2.06. The summed E-state index contributed by atoms with van der Waals surface area (Å²) in [6.07, 6.45) is 2.29. The molecule has 0 bridgehead atoms. The fourth-order valence-corrected chi connectivity index (χ4v) is 1.63. The zero-order chi connectivity index (χ0) is 9.97. The van der Waals surface area contributed by atoms with E-state index in [1.165, 1.54) is 0 Å². The molecule has 1 aromatic rings. The first-order chi connectivity index (χ1) is 6.77. The number of aliphatic carboxylic acids is 1. The van der Waals surface area contributed by atoms with Gasteiger partial charge in [0.25, 0.3) is 0 Å². The van der Waals surface area contributed by atoms with E-state index in [0.29, 0.717) is 13.0 Å². The molecule has 5 heteroatoms. The SMILES string of the molecule is O=C(O)[C@@H]1CCN(c2cccnn2)C1. The minimum Gasteiger partial charge on any atom is -0.481 e. The normalized spacial score (nSPS) is 21.1. The number of carbonyl (C=O) groups is 1. The number of hydrogen-bond acceptors (Lipinski definition) is 4. The highest BCUT2D eigenvalue weighted by Crippen LogP contribution is 2.21. The van der Waals surface area contributed by atoms with Gasteiger partial charge in [0, 0.05) is 19.3 Å². The van der Waals surface area contributed by atoms with Crippen LogP contribution in [0.2, 0.25) is 0 Å². The van der Waals surface area contributed by atoms with Crippen molar-refractivity contribution in [3.8, 4) is 0 Å². The zero-order valence-electron chi connectivity index (χ0n) is 7.63. The lowest BCUT2D eigenvalue weighted by molar-refractivity contribution is -0.140. The van der Waals surface area contributed by atoms with Crippen LogP contribution < -0.4 is 4.90 Å². The van der Waals surface area contributed by atoms with Gasteiger partial charge in [-0.3, -0.25) is 4.79 Å². The predicted octanol–water partition coefficient (Wildman–Crippen LogP) is 0.387. The molecular formula is C9H11N3O2. The maximum Gasteiger partial charge on any atom is 0.308 e. The van der Waals surface area contributed by atoms with E-state index >= 15 is 0 Å². The maximum absolute atomic E-state index is 10.7. The molecule has 1 fully saturated rings. The number of carboxylic acid groups (broad SMARTS) is 1. The number of hydrogen-bond donors (Lipinski definition) is 1. The van der Waals surface area contributed by atoms with E-state index in [-0.39, 0.29) is 5.92 Å². The quantitative estimate of drug-likeness (QED) is 0.735. The zero-order valence-corrected chi connectivity index (χ0v) is 7.63. The van der Waals surface area contributed by atoms with Crippen LogP contribution in [-0.2, 0) is 4.79 Å². The largest absolute Gasteiger partial charge is 0.481 e. The lowest BCUT2D eigenvalue weighted by atomic mass is 10.1. The predicted molar refractivity (Wildman–Crippen MR) is 50.0 cm³/mol. The Hall–Kier alpha value is -1.65. The van der Waals surface area contributed by atoms with Gasteiger partial charge >= 0.3 is 5.97 Å². The minimum atomic E-state index is -0.726. The monoisotopic (exact) mass is 193 g/mol. The molecule has 0 amide bonds. The second kappa shape index (κ2) is 3.61. The summed E-state index contributed by atoms with van der Waals surface area (Å²) in [4.78, 5) is 12.7. The fraction of sp³-hybridized carbons (Fsp3) is 0.444. The first-order valence-electron chi connectivity index (χ1n) is 4.53. The standard InChI is InChI=1S/C9H11N3O2/c13-9(14)7-3-5-12(6-7)8-2-1-4-10-11-8/h1-2,4,7H,3,5-6H2,(H,13,14)/t7-/m1/s1. The number of carboxylic acids is 1. The van der Waals surface area contributed by atoms with Crippen molar-refractivity contribution >= 4 is 11.8 Å². The summed E-state index contributed by atoms with van der Waals surface area (Å²) in [5.74, 6) is -0.232. The molecule has 5 nitrogen and oxygen atoms in total. The minimum absolute atomic E-state index is 0.267. The van der Waals surface area contributed by atoms with Gasteiger partial charge in [0.15, 0.2) is 5.82 Å². The molecule has 1 atom stereocenters. The Kier molecular flexibility index (Phi) is 2.30. The Morgan fingerprint density at radius 2 is 2.50 bits per heavy atom. The van der Waals surface area contributed by atoms with Crippen LogP contribution in [0.25, 0.3) is 0 Å². The van der Waals surface area contributed by atoms with Crippen LogP contribution in [0.3, 0.4) is 0 Å². The summed E-state index contributed by atoms with van der Waals surface area (Å²) in [6, 6.07) is 3.65. The van der Waals surface area contributed by atoms with Crippen molar-refractivity contribution in [3.63, 3.8) is 0 Å². The Labute approximate surface area is 81.4 Å². The van der Waals surface area contributed by atoms with Crippen LogP contribution in [0.1, 0.15) is 6.42 Å². The van der Waals surface area contributed by atoms with Crippen molar-refractivity contribution in [1.82, 2.24) is 10.2 Å². The molecule has 0 spiro atoms. The highest BCUT2D eigenvalue weighted by atomic mass is 16.4. The van der Waals surface area contributed by atoms with Crippen molar-refractivity contribution in [2.45, 2.75) is 6.42 Å². The second-order valence-electron chi connectivity index (χ2n) is 3.35. The molecule has 0 unspecified atom stereocenters. The van der Waals surface area contributed by atoms with Gasteiger partial charge < -0.3 is 10.0 Å². The lowest BCUT2D eigenvalue weighted by Crippen LogP contribution is -2.23. The molecule has 2 rings (SSSR count). The highest BCUT2D eigenvalue weighted by Gasteiger charge is 2.28. The molecule has 0 aliphatic carbocycles. The Bertz CT molecular complexity index is 328. The Morgan fingerprint density at radius 3 is 3.07 bits per heavy atom. The van der Waals surface area contributed by atoms with E-state index in [4.69, 9.17) is 5.11 Å². The van der Waals surface area contributed by atoms with E-state index in [1.54, 1.807) is 12.3 Å². The third-order valence-corrected chi connectivity index (χ3v) is 2.42. The van der Waals surface area contributed by atoms with Crippen molar-refractivity contribution in [1.29, 1.82) is 0 Å². The summed E-state index contributed by atoms with van der Waals surface area (Å²) in [5.41, 5.74) is 0. The molecule has 1 aromatic heterocycles.